The van der Waals surface area contributed by atoms with Crippen molar-refractivity contribution in [2.45, 2.75) is 89.1 Å². The normalized spacial score (nSPS) is 44.2. The second kappa shape index (κ2) is 5.58. The number of hydrogen-bond donors (Lipinski definition) is 0. The fraction of sp³-hybridized carbons (Fsp3) is 1.00. The summed E-state index contributed by atoms with van der Waals surface area (Å²) in [5.74, 6) is 0.690. The maximum atomic E-state index is 6.47. The summed E-state index contributed by atoms with van der Waals surface area (Å²) in [6.45, 7) is 8.41. The van der Waals surface area contributed by atoms with Gasteiger partial charge >= 0.3 is 0 Å². The zero-order chi connectivity index (χ0) is 14.2. The van der Waals surface area contributed by atoms with Crippen molar-refractivity contribution in [3.8, 4) is 0 Å². The van der Waals surface area contributed by atoms with Crippen LogP contribution in [0, 0.1) is 5.92 Å². The zero-order valence-electron chi connectivity index (χ0n) is 13.3. The second-order valence-electron chi connectivity index (χ2n) is 7.64. The van der Waals surface area contributed by atoms with E-state index in [-0.39, 0.29) is 17.3 Å². The Morgan fingerprint density at radius 2 is 1.90 bits per heavy atom. The summed E-state index contributed by atoms with van der Waals surface area (Å²) in [5, 5.41) is 0. The third-order valence-electron chi connectivity index (χ3n) is 5.68. The maximum Gasteiger partial charge on any atom is 0.0922 e. The molecule has 4 atom stereocenters. The molecule has 4 fully saturated rings. The zero-order valence-corrected chi connectivity index (χ0v) is 13.3. The fourth-order valence-electron chi connectivity index (χ4n) is 4.34. The molecule has 3 nitrogen and oxygen atoms in total. The quantitative estimate of drug-likeness (QED) is 0.790. The first-order valence-electron chi connectivity index (χ1n) is 8.43. The van der Waals surface area contributed by atoms with E-state index in [2.05, 4.69) is 20.8 Å². The van der Waals surface area contributed by atoms with E-state index in [0.29, 0.717) is 12.0 Å². The smallest absolute Gasteiger partial charge is 0.0922 e. The number of fused-ring (bicyclic) bond motifs is 4. The molecular formula is C17H30O3. The highest BCUT2D eigenvalue weighted by atomic mass is 16.6. The van der Waals surface area contributed by atoms with Crippen LogP contribution in [-0.2, 0) is 14.2 Å². The lowest BCUT2D eigenvalue weighted by Gasteiger charge is -2.47. The van der Waals surface area contributed by atoms with Crippen LogP contribution in [0.2, 0.25) is 0 Å². The van der Waals surface area contributed by atoms with E-state index in [1.54, 1.807) is 0 Å². The summed E-state index contributed by atoms with van der Waals surface area (Å²) in [5.41, 5.74) is -0.0996. The van der Waals surface area contributed by atoms with Crippen LogP contribution in [0.25, 0.3) is 0 Å². The lowest BCUT2D eigenvalue weighted by Crippen LogP contribution is -2.52. The Balaban J connectivity index is 1.61. The first kappa shape index (κ1) is 14.8. The van der Waals surface area contributed by atoms with Crippen LogP contribution >= 0.6 is 0 Å². The predicted octanol–water partition coefficient (Wildman–Crippen LogP) is 3.70. The van der Waals surface area contributed by atoms with Gasteiger partial charge in [-0.05, 0) is 71.6 Å². The van der Waals surface area contributed by atoms with Crippen LogP contribution in [0.3, 0.4) is 0 Å². The van der Waals surface area contributed by atoms with Gasteiger partial charge in [-0.15, -0.1) is 0 Å². The molecule has 3 heteroatoms. The molecule has 4 rings (SSSR count). The van der Waals surface area contributed by atoms with E-state index in [0.717, 1.165) is 32.5 Å². The van der Waals surface area contributed by atoms with Gasteiger partial charge in [0.1, 0.15) is 0 Å². The van der Waals surface area contributed by atoms with Crippen LogP contribution < -0.4 is 0 Å². The van der Waals surface area contributed by atoms with Gasteiger partial charge in [-0.1, -0.05) is 0 Å². The summed E-state index contributed by atoms with van der Waals surface area (Å²) >= 11 is 0. The predicted molar refractivity (Wildman–Crippen MR) is 78.9 cm³/mol. The van der Waals surface area contributed by atoms with Crippen molar-refractivity contribution in [2.75, 3.05) is 13.2 Å². The third kappa shape index (κ3) is 2.90. The molecule has 0 aromatic carbocycles. The monoisotopic (exact) mass is 282 g/mol. The Hall–Kier alpha value is -0.120. The van der Waals surface area contributed by atoms with E-state index >= 15 is 0 Å². The van der Waals surface area contributed by atoms with E-state index in [1.165, 1.54) is 25.7 Å². The maximum absolute atomic E-state index is 6.47. The average molecular weight is 282 g/mol. The largest absolute Gasteiger partial charge is 0.376 e. The molecule has 2 bridgehead atoms. The molecule has 4 unspecified atom stereocenters. The molecule has 0 aromatic heterocycles. The van der Waals surface area contributed by atoms with Crippen molar-refractivity contribution in [3.63, 3.8) is 0 Å². The van der Waals surface area contributed by atoms with Gasteiger partial charge in [0.15, 0.2) is 0 Å². The summed E-state index contributed by atoms with van der Waals surface area (Å²) in [4.78, 5) is 0. The van der Waals surface area contributed by atoms with Crippen LogP contribution in [-0.4, -0.2) is 36.6 Å². The van der Waals surface area contributed by atoms with Crippen molar-refractivity contribution in [1.82, 2.24) is 0 Å². The first-order chi connectivity index (χ1) is 9.50. The Morgan fingerprint density at radius 3 is 2.60 bits per heavy atom. The van der Waals surface area contributed by atoms with E-state index in [1.807, 2.05) is 0 Å². The van der Waals surface area contributed by atoms with Gasteiger partial charge in [-0.2, -0.15) is 0 Å². The molecule has 0 spiro atoms. The number of rotatable bonds is 3. The number of hydrogen-bond acceptors (Lipinski definition) is 3. The molecule has 20 heavy (non-hydrogen) atoms. The van der Waals surface area contributed by atoms with Gasteiger partial charge in [0.25, 0.3) is 0 Å². The van der Waals surface area contributed by atoms with Crippen molar-refractivity contribution in [2.24, 2.45) is 5.92 Å². The summed E-state index contributed by atoms with van der Waals surface area (Å²) in [6.07, 6.45) is 8.97. The van der Waals surface area contributed by atoms with Gasteiger partial charge in [0, 0.05) is 6.61 Å². The Kier molecular flexibility index (Phi) is 4.13. The van der Waals surface area contributed by atoms with E-state index in [4.69, 9.17) is 14.2 Å². The summed E-state index contributed by atoms with van der Waals surface area (Å²) in [7, 11) is 0. The minimum absolute atomic E-state index is 0.00640. The molecule has 1 saturated carbocycles. The van der Waals surface area contributed by atoms with Crippen molar-refractivity contribution < 1.29 is 14.2 Å². The molecule has 3 saturated heterocycles. The van der Waals surface area contributed by atoms with Gasteiger partial charge in [-0.25, -0.2) is 0 Å². The fourth-order valence-corrected chi connectivity index (χ4v) is 4.34. The molecule has 0 N–H and O–H groups in total. The summed E-state index contributed by atoms with van der Waals surface area (Å²) < 4.78 is 18.5. The van der Waals surface area contributed by atoms with Crippen LogP contribution in [0.1, 0.15) is 65.7 Å². The van der Waals surface area contributed by atoms with Crippen molar-refractivity contribution in [3.05, 3.63) is 0 Å². The first-order valence-corrected chi connectivity index (χ1v) is 8.43. The van der Waals surface area contributed by atoms with Crippen LogP contribution in [0.5, 0.6) is 0 Å². The molecule has 1 aliphatic carbocycles. The molecule has 3 heterocycles. The third-order valence-corrected chi connectivity index (χ3v) is 5.68. The second-order valence-corrected chi connectivity index (χ2v) is 7.64. The molecule has 0 radical (unpaired) electrons. The van der Waals surface area contributed by atoms with Crippen LogP contribution in [0.15, 0.2) is 0 Å². The standard InChI is InChI=1S/C17H30O3/c1-16(2)13-7-8-15(17(3,20-16)10-9-13)19-12-14-6-4-5-11-18-14/h13-15H,4-12H2,1-3H3. The van der Waals surface area contributed by atoms with Gasteiger partial charge < -0.3 is 14.2 Å². The van der Waals surface area contributed by atoms with Crippen LogP contribution in [0.4, 0.5) is 0 Å². The van der Waals surface area contributed by atoms with Gasteiger partial charge in [0.2, 0.25) is 0 Å². The van der Waals surface area contributed by atoms with Gasteiger partial charge in [-0.3, -0.25) is 0 Å². The SMILES string of the molecule is CC1(C)OC2(C)CCC1CCC2OCC1CCCCO1. The average Bonchev–Trinajstić information content (AvgIpc) is 2.61. The lowest BCUT2D eigenvalue weighted by molar-refractivity contribution is -0.225. The molecule has 116 valence electrons. The molecule has 0 amide bonds. The highest BCUT2D eigenvalue weighted by molar-refractivity contribution is 5.00. The lowest BCUT2D eigenvalue weighted by atomic mass is 9.80. The highest BCUT2D eigenvalue weighted by Gasteiger charge is 2.51. The Bertz CT molecular complexity index is 335. The van der Waals surface area contributed by atoms with E-state index in [9.17, 15) is 0 Å². The Morgan fingerprint density at radius 1 is 1.05 bits per heavy atom. The molecule has 3 aliphatic heterocycles. The number of ether oxygens (including phenoxy) is 3. The summed E-state index contributed by atoms with van der Waals surface area (Å²) in [6, 6.07) is 0. The van der Waals surface area contributed by atoms with E-state index < -0.39 is 0 Å². The minimum atomic E-state index is -0.106. The highest BCUT2D eigenvalue weighted by Crippen LogP contribution is 2.48. The minimum Gasteiger partial charge on any atom is -0.376 e. The Labute approximate surface area is 123 Å². The molecule has 4 aliphatic rings. The van der Waals surface area contributed by atoms with Crippen molar-refractivity contribution >= 4 is 0 Å². The molecule has 0 aromatic rings. The van der Waals surface area contributed by atoms with Crippen molar-refractivity contribution in [1.29, 1.82) is 0 Å². The molecular weight excluding hydrogens is 252 g/mol. The van der Waals surface area contributed by atoms with Gasteiger partial charge in [0.05, 0.1) is 30.0 Å². The topological polar surface area (TPSA) is 27.7 Å².